The van der Waals surface area contributed by atoms with E-state index in [4.69, 9.17) is 5.73 Å². The van der Waals surface area contributed by atoms with E-state index < -0.39 is 0 Å². The molecule has 1 amide bonds. The van der Waals surface area contributed by atoms with Gasteiger partial charge < -0.3 is 11.1 Å². The number of hydrogen-bond acceptors (Lipinski definition) is 2. The van der Waals surface area contributed by atoms with Gasteiger partial charge in [0.25, 0.3) is 0 Å². The zero-order chi connectivity index (χ0) is 11.7. The van der Waals surface area contributed by atoms with Crippen LogP contribution in [0.5, 0.6) is 0 Å². The summed E-state index contributed by atoms with van der Waals surface area (Å²) in [6.45, 7) is 4.17. The molecular formula is C13H18N2O. The number of rotatable bonds is 1. The second-order valence-electron chi connectivity index (χ2n) is 4.66. The minimum atomic E-state index is -0.0136. The fraction of sp³-hybridized carbons (Fsp3) is 0.462. The number of carbonyl (C=O) groups is 1. The summed E-state index contributed by atoms with van der Waals surface area (Å²) in [5.74, 6) is 0.0574. The first-order valence-electron chi connectivity index (χ1n) is 5.68. The van der Waals surface area contributed by atoms with Crippen molar-refractivity contribution in [3.63, 3.8) is 0 Å². The molecule has 2 atom stereocenters. The molecule has 1 aromatic carbocycles. The average molecular weight is 218 g/mol. The molecule has 1 saturated heterocycles. The van der Waals surface area contributed by atoms with Gasteiger partial charge in [0.15, 0.2) is 0 Å². The first kappa shape index (κ1) is 11.1. The number of nitrogens with one attached hydrogen (secondary N) is 1. The predicted octanol–water partition coefficient (Wildman–Crippen LogP) is 1.58. The lowest BCUT2D eigenvalue weighted by Gasteiger charge is -2.28. The largest absolute Gasteiger partial charge is 0.349 e. The Balaban J connectivity index is 2.23. The maximum Gasteiger partial charge on any atom is 0.222 e. The van der Waals surface area contributed by atoms with Crippen molar-refractivity contribution in [1.82, 2.24) is 5.32 Å². The minimum Gasteiger partial charge on any atom is -0.349 e. The molecular weight excluding hydrogens is 200 g/mol. The van der Waals surface area contributed by atoms with Crippen LogP contribution in [-0.2, 0) is 4.79 Å². The lowest BCUT2D eigenvalue weighted by Crippen LogP contribution is -2.42. The highest BCUT2D eigenvalue weighted by molar-refractivity contribution is 5.78. The van der Waals surface area contributed by atoms with E-state index in [2.05, 4.69) is 37.4 Å². The van der Waals surface area contributed by atoms with Crippen LogP contribution in [0.25, 0.3) is 0 Å². The molecule has 0 aromatic heterocycles. The Bertz CT molecular complexity index is 414. The molecule has 86 valence electrons. The van der Waals surface area contributed by atoms with Crippen LogP contribution < -0.4 is 11.1 Å². The maximum absolute atomic E-state index is 11.4. The topological polar surface area (TPSA) is 55.1 Å². The lowest BCUT2D eigenvalue weighted by molar-refractivity contribution is -0.123. The summed E-state index contributed by atoms with van der Waals surface area (Å²) < 4.78 is 0. The highest BCUT2D eigenvalue weighted by Crippen LogP contribution is 2.24. The van der Waals surface area contributed by atoms with Crippen LogP contribution >= 0.6 is 0 Å². The molecule has 0 bridgehead atoms. The Hall–Kier alpha value is -1.35. The third kappa shape index (κ3) is 2.25. The van der Waals surface area contributed by atoms with Crippen LogP contribution in [0, 0.1) is 13.8 Å². The van der Waals surface area contributed by atoms with Gasteiger partial charge >= 0.3 is 0 Å². The second-order valence-corrected chi connectivity index (χ2v) is 4.66. The molecule has 2 rings (SSSR count). The molecule has 3 N–H and O–H groups in total. The van der Waals surface area contributed by atoms with Gasteiger partial charge in [-0.2, -0.15) is 0 Å². The number of benzene rings is 1. The lowest BCUT2D eigenvalue weighted by atomic mass is 9.92. The van der Waals surface area contributed by atoms with Crippen molar-refractivity contribution in [1.29, 1.82) is 0 Å². The van der Waals surface area contributed by atoms with E-state index in [-0.39, 0.29) is 18.0 Å². The SMILES string of the molecule is Cc1ccc(C2CC(N)CC(=O)N2)cc1C. The zero-order valence-corrected chi connectivity index (χ0v) is 9.79. The number of hydrogen-bond donors (Lipinski definition) is 2. The zero-order valence-electron chi connectivity index (χ0n) is 9.79. The van der Waals surface area contributed by atoms with Crippen molar-refractivity contribution in [2.24, 2.45) is 5.73 Å². The molecule has 1 fully saturated rings. The summed E-state index contributed by atoms with van der Waals surface area (Å²) in [4.78, 5) is 11.4. The van der Waals surface area contributed by atoms with Gasteiger partial charge in [0.05, 0.1) is 6.04 Å². The number of aryl methyl sites for hydroxylation is 2. The van der Waals surface area contributed by atoms with Crippen LogP contribution in [0.3, 0.4) is 0 Å². The van der Waals surface area contributed by atoms with E-state index >= 15 is 0 Å². The van der Waals surface area contributed by atoms with E-state index in [0.29, 0.717) is 6.42 Å². The predicted molar refractivity (Wildman–Crippen MR) is 64.0 cm³/mol. The average Bonchev–Trinajstić information content (AvgIpc) is 2.20. The normalized spacial score (nSPS) is 25.3. The molecule has 2 unspecified atom stereocenters. The monoisotopic (exact) mass is 218 g/mol. The second kappa shape index (κ2) is 4.26. The molecule has 16 heavy (non-hydrogen) atoms. The number of carbonyl (C=O) groups excluding carboxylic acids is 1. The molecule has 3 nitrogen and oxygen atoms in total. The van der Waals surface area contributed by atoms with Crippen LogP contribution in [-0.4, -0.2) is 11.9 Å². The molecule has 1 heterocycles. The van der Waals surface area contributed by atoms with E-state index in [1.807, 2.05) is 0 Å². The Kier molecular flexibility index (Phi) is 2.97. The Morgan fingerprint density at radius 3 is 2.69 bits per heavy atom. The third-order valence-corrected chi connectivity index (χ3v) is 3.25. The molecule has 0 spiro atoms. The van der Waals surface area contributed by atoms with Gasteiger partial charge in [0.1, 0.15) is 0 Å². The minimum absolute atomic E-state index is 0.0136. The fourth-order valence-corrected chi connectivity index (χ4v) is 2.14. The smallest absolute Gasteiger partial charge is 0.222 e. The summed E-state index contributed by atoms with van der Waals surface area (Å²) in [6, 6.07) is 6.37. The maximum atomic E-state index is 11.4. The summed E-state index contributed by atoms with van der Waals surface area (Å²) >= 11 is 0. The third-order valence-electron chi connectivity index (χ3n) is 3.25. The van der Waals surface area contributed by atoms with E-state index in [1.54, 1.807) is 0 Å². The Morgan fingerprint density at radius 1 is 1.31 bits per heavy atom. The van der Waals surface area contributed by atoms with Crippen molar-refractivity contribution >= 4 is 5.91 Å². The van der Waals surface area contributed by atoms with Crippen LogP contribution in [0.4, 0.5) is 0 Å². The van der Waals surface area contributed by atoms with Gasteiger partial charge in [-0.15, -0.1) is 0 Å². The van der Waals surface area contributed by atoms with Crippen molar-refractivity contribution in [2.75, 3.05) is 0 Å². The molecule has 3 heteroatoms. The standard InChI is InChI=1S/C13H18N2O/c1-8-3-4-10(5-9(8)2)12-6-11(14)7-13(16)15-12/h3-5,11-12H,6-7,14H2,1-2H3,(H,15,16). The van der Waals surface area contributed by atoms with Gasteiger partial charge in [-0.05, 0) is 37.0 Å². The van der Waals surface area contributed by atoms with E-state index in [1.165, 1.54) is 11.1 Å². The van der Waals surface area contributed by atoms with Gasteiger partial charge in [-0.1, -0.05) is 18.2 Å². The molecule has 0 radical (unpaired) electrons. The first-order chi connectivity index (χ1) is 7.56. The summed E-state index contributed by atoms with van der Waals surface area (Å²) in [5.41, 5.74) is 9.55. The van der Waals surface area contributed by atoms with Gasteiger partial charge in [0.2, 0.25) is 5.91 Å². The fourth-order valence-electron chi connectivity index (χ4n) is 2.14. The van der Waals surface area contributed by atoms with Gasteiger partial charge in [0, 0.05) is 12.5 Å². The molecule has 0 aliphatic carbocycles. The van der Waals surface area contributed by atoms with Crippen molar-refractivity contribution in [3.05, 3.63) is 34.9 Å². The van der Waals surface area contributed by atoms with Gasteiger partial charge in [-0.25, -0.2) is 0 Å². The van der Waals surface area contributed by atoms with Crippen molar-refractivity contribution in [2.45, 2.75) is 38.8 Å². The van der Waals surface area contributed by atoms with Crippen molar-refractivity contribution < 1.29 is 4.79 Å². The number of piperidine rings is 1. The molecule has 1 aromatic rings. The van der Waals surface area contributed by atoms with E-state index in [0.717, 1.165) is 12.0 Å². The number of nitrogens with two attached hydrogens (primary N) is 1. The number of amides is 1. The first-order valence-corrected chi connectivity index (χ1v) is 5.68. The Morgan fingerprint density at radius 2 is 2.06 bits per heavy atom. The Labute approximate surface area is 96.0 Å². The summed E-state index contributed by atoms with van der Waals surface area (Å²) in [7, 11) is 0. The van der Waals surface area contributed by atoms with Crippen molar-refractivity contribution in [3.8, 4) is 0 Å². The highest BCUT2D eigenvalue weighted by atomic mass is 16.1. The van der Waals surface area contributed by atoms with Gasteiger partial charge in [-0.3, -0.25) is 4.79 Å². The highest BCUT2D eigenvalue weighted by Gasteiger charge is 2.25. The summed E-state index contributed by atoms with van der Waals surface area (Å²) in [5, 5.41) is 2.99. The van der Waals surface area contributed by atoms with Crippen LogP contribution in [0.2, 0.25) is 0 Å². The van der Waals surface area contributed by atoms with Crippen LogP contribution in [0.15, 0.2) is 18.2 Å². The summed E-state index contributed by atoms with van der Waals surface area (Å²) in [6.07, 6.45) is 1.27. The quantitative estimate of drug-likeness (QED) is 0.752. The molecule has 0 saturated carbocycles. The van der Waals surface area contributed by atoms with E-state index in [9.17, 15) is 4.79 Å². The molecule has 1 aliphatic heterocycles. The van der Waals surface area contributed by atoms with Crippen LogP contribution in [0.1, 0.15) is 35.6 Å². The molecule has 1 aliphatic rings.